The summed E-state index contributed by atoms with van der Waals surface area (Å²) in [4.78, 5) is 15.3. The normalized spacial score (nSPS) is 31.0. The van der Waals surface area contributed by atoms with Crippen molar-refractivity contribution in [3.8, 4) is 0 Å². The third-order valence-corrected chi connectivity index (χ3v) is 7.79. The van der Waals surface area contributed by atoms with Gasteiger partial charge in [0.25, 0.3) is 5.91 Å². The first kappa shape index (κ1) is 20.8. The third kappa shape index (κ3) is 3.20. The Bertz CT molecular complexity index is 803. The van der Waals surface area contributed by atoms with Crippen LogP contribution in [0, 0.1) is 5.41 Å². The van der Waals surface area contributed by atoms with Crippen molar-refractivity contribution in [1.29, 1.82) is 0 Å². The molecule has 3 aliphatic rings. The van der Waals surface area contributed by atoms with E-state index in [-0.39, 0.29) is 11.3 Å². The van der Waals surface area contributed by atoms with Gasteiger partial charge >= 0.3 is 0 Å². The first-order valence-electron chi connectivity index (χ1n) is 10.7. The number of nitrogens with one attached hydrogen (secondary N) is 1. The molecular weight excluding hydrogens is 384 g/mol. The zero-order chi connectivity index (χ0) is 20.6. The minimum Gasteiger partial charge on any atom is -0.385 e. The molecule has 4 rings (SSSR count). The quantitative estimate of drug-likeness (QED) is 0.569. The van der Waals surface area contributed by atoms with Gasteiger partial charge in [0.1, 0.15) is 0 Å². The first-order chi connectivity index (χ1) is 14.0. The topological polar surface area (TPSA) is 50.8 Å². The maximum absolute atomic E-state index is 13.7. The van der Waals surface area contributed by atoms with Crippen LogP contribution in [0.5, 0.6) is 0 Å². The molecule has 2 spiro atoms. The van der Waals surface area contributed by atoms with Crippen molar-refractivity contribution >= 4 is 23.2 Å². The largest absolute Gasteiger partial charge is 0.385 e. The van der Waals surface area contributed by atoms with Crippen molar-refractivity contribution in [2.75, 3.05) is 27.9 Å². The number of unbranched alkanes of at least 4 members (excludes halogenated alkanes) is 1. The van der Waals surface area contributed by atoms with Crippen molar-refractivity contribution in [3.63, 3.8) is 0 Å². The SMILES string of the molecule is COCCCCc1ccc2c(c1)C1(NC(=S)N(C)C1=O)C1(CCC(OC)CC1)C2. The van der Waals surface area contributed by atoms with E-state index in [1.54, 1.807) is 26.2 Å². The highest BCUT2D eigenvalue weighted by atomic mass is 32.1. The van der Waals surface area contributed by atoms with Crippen LogP contribution in [0.4, 0.5) is 0 Å². The average molecular weight is 417 g/mol. The van der Waals surface area contributed by atoms with Crippen molar-refractivity contribution in [2.24, 2.45) is 5.41 Å². The summed E-state index contributed by atoms with van der Waals surface area (Å²) in [6.07, 6.45) is 8.27. The molecule has 2 aliphatic carbocycles. The van der Waals surface area contributed by atoms with E-state index in [0.717, 1.165) is 63.5 Å². The van der Waals surface area contributed by atoms with Gasteiger partial charge in [-0.2, -0.15) is 0 Å². The second-order valence-electron chi connectivity index (χ2n) is 8.88. The molecule has 1 aliphatic heterocycles. The maximum Gasteiger partial charge on any atom is 0.259 e. The number of hydrogen-bond donors (Lipinski definition) is 1. The lowest BCUT2D eigenvalue weighted by atomic mass is 9.61. The van der Waals surface area contributed by atoms with Crippen LogP contribution in [-0.4, -0.2) is 49.9 Å². The van der Waals surface area contributed by atoms with E-state index in [9.17, 15) is 4.79 Å². The van der Waals surface area contributed by atoms with Gasteiger partial charge < -0.3 is 14.8 Å². The molecule has 1 saturated heterocycles. The number of carbonyl (C=O) groups excluding carboxylic acids is 1. The highest BCUT2D eigenvalue weighted by molar-refractivity contribution is 7.80. The first-order valence-corrected chi connectivity index (χ1v) is 11.1. The highest BCUT2D eigenvalue weighted by Gasteiger charge is 2.66. The minimum absolute atomic E-state index is 0.105. The summed E-state index contributed by atoms with van der Waals surface area (Å²) in [6.45, 7) is 0.789. The predicted octanol–water partition coefficient (Wildman–Crippen LogP) is 3.33. The summed E-state index contributed by atoms with van der Waals surface area (Å²) in [6, 6.07) is 6.75. The molecule has 6 heteroatoms. The number of hydrogen-bond acceptors (Lipinski definition) is 4. The fourth-order valence-electron chi connectivity index (χ4n) is 5.76. The van der Waals surface area contributed by atoms with Crippen LogP contribution in [0.3, 0.4) is 0 Å². The lowest BCUT2D eigenvalue weighted by molar-refractivity contribution is -0.137. The van der Waals surface area contributed by atoms with E-state index in [2.05, 4.69) is 23.5 Å². The molecule has 5 nitrogen and oxygen atoms in total. The van der Waals surface area contributed by atoms with Gasteiger partial charge in [-0.1, -0.05) is 18.2 Å². The molecule has 1 atom stereocenters. The molecule has 1 amide bonds. The second-order valence-corrected chi connectivity index (χ2v) is 9.26. The number of carbonyl (C=O) groups is 1. The number of benzene rings is 1. The highest BCUT2D eigenvalue weighted by Crippen LogP contribution is 2.59. The second kappa shape index (κ2) is 7.97. The Labute approximate surface area is 179 Å². The minimum atomic E-state index is -0.727. The van der Waals surface area contributed by atoms with E-state index in [1.807, 2.05) is 0 Å². The fourth-order valence-corrected chi connectivity index (χ4v) is 5.99. The summed E-state index contributed by atoms with van der Waals surface area (Å²) in [5.41, 5.74) is 2.87. The van der Waals surface area contributed by atoms with Gasteiger partial charge in [-0.3, -0.25) is 9.69 Å². The predicted molar refractivity (Wildman–Crippen MR) is 117 cm³/mol. The van der Waals surface area contributed by atoms with E-state index >= 15 is 0 Å². The number of thiocarbonyl (C=S) groups is 1. The number of amides is 1. The molecule has 1 aromatic rings. The Kier molecular flexibility index (Phi) is 5.70. The molecule has 1 saturated carbocycles. The van der Waals surface area contributed by atoms with E-state index in [1.165, 1.54) is 11.1 Å². The summed E-state index contributed by atoms with van der Waals surface area (Å²) in [7, 11) is 5.33. The summed E-state index contributed by atoms with van der Waals surface area (Å²) < 4.78 is 10.8. The molecule has 1 heterocycles. The van der Waals surface area contributed by atoms with Crippen molar-refractivity contribution in [3.05, 3.63) is 34.9 Å². The van der Waals surface area contributed by atoms with Gasteiger partial charge in [0.05, 0.1) is 6.10 Å². The number of methoxy groups -OCH3 is 2. The van der Waals surface area contributed by atoms with Gasteiger partial charge in [-0.15, -0.1) is 0 Å². The van der Waals surface area contributed by atoms with Crippen LogP contribution in [0.1, 0.15) is 55.2 Å². The lowest BCUT2D eigenvalue weighted by Gasteiger charge is -2.46. The lowest BCUT2D eigenvalue weighted by Crippen LogP contribution is -2.56. The molecule has 29 heavy (non-hydrogen) atoms. The third-order valence-electron chi connectivity index (χ3n) is 7.41. The van der Waals surface area contributed by atoms with Gasteiger partial charge in [-0.05, 0) is 80.3 Å². The van der Waals surface area contributed by atoms with Crippen molar-refractivity contribution in [2.45, 2.75) is 63.0 Å². The monoisotopic (exact) mass is 416 g/mol. The number of likely N-dealkylation sites (N-methyl/N-ethyl adjacent to an activating group) is 1. The fraction of sp³-hybridized carbons (Fsp3) is 0.652. The zero-order valence-electron chi connectivity index (χ0n) is 17.8. The Morgan fingerprint density at radius 3 is 2.62 bits per heavy atom. The van der Waals surface area contributed by atoms with E-state index in [0.29, 0.717) is 11.2 Å². The Morgan fingerprint density at radius 2 is 2.00 bits per heavy atom. The number of rotatable bonds is 6. The standard InChI is InChI=1S/C23H32N2O3S/c1-25-20(26)23(24-21(25)29)19-14-16(6-4-5-13-27-2)7-8-17(19)15-22(23)11-9-18(28-3)10-12-22/h7-8,14,18H,4-6,9-13,15H2,1-3H3,(H,24,29). The molecule has 0 bridgehead atoms. The number of nitrogens with zero attached hydrogens (tertiary/aromatic N) is 1. The Hall–Kier alpha value is -1.50. The van der Waals surface area contributed by atoms with Gasteiger partial charge in [-0.25, -0.2) is 0 Å². The van der Waals surface area contributed by atoms with Crippen LogP contribution < -0.4 is 5.32 Å². The van der Waals surface area contributed by atoms with Crippen molar-refractivity contribution < 1.29 is 14.3 Å². The molecule has 0 aromatic heterocycles. The smallest absolute Gasteiger partial charge is 0.259 e. The van der Waals surface area contributed by atoms with Gasteiger partial charge in [0, 0.05) is 33.3 Å². The van der Waals surface area contributed by atoms with Crippen LogP contribution in [0.25, 0.3) is 0 Å². The van der Waals surface area contributed by atoms with Crippen molar-refractivity contribution in [1.82, 2.24) is 10.2 Å². The van der Waals surface area contributed by atoms with E-state index in [4.69, 9.17) is 21.7 Å². The van der Waals surface area contributed by atoms with Crippen LogP contribution in [0.15, 0.2) is 18.2 Å². The molecular formula is C23H32N2O3S. The average Bonchev–Trinajstić information content (AvgIpc) is 3.13. The summed E-state index contributed by atoms with van der Waals surface area (Å²) in [5, 5.41) is 4.07. The Morgan fingerprint density at radius 1 is 1.24 bits per heavy atom. The van der Waals surface area contributed by atoms with Gasteiger partial charge in [0.2, 0.25) is 0 Å². The van der Waals surface area contributed by atoms with Gasteiger partial charge in [0.15, 0.2) is 10.7 Å². The van der Waals surface area contributed by atoms with Crippen LogP contribution >= 0.6 is 12.2 Å². The van der Waals surface area contributed by atoms with E-state index < -0.39 is 5.54 Å². The molecule has 1 N–H and O–H groups in total. The number of ether oxygens (including phenoxy) is 2. The molecule has 1 aromatic carbocycles. The molecule has 1 unspecified atom stereocenters. The number of aryl methyl sites for hydroxylation is 1. The number of fused-ring (bicyclic) bond motifs is 3. The molecule has 158 valence electrons. The molecule has 2 fully saturated rings. The van der Waals surface area contributed by atoms with Crippen LogP contribution in [0.2, 0.25) is 0 Å². The zero-order valence-corrected chi connectivity index (χ0v) is 18.6. The molecule has 0 radical (unpaired) electrons. The summed E-state index contributed by atoms with van der Waals surface area (Å²) in [5.74, 6) is 0.105. The maximum atomic E-state index is 13.7. The Balaban J connectivity index is 1.71. The summed E-state index contributed by atoms with van der Waals surface area (Å²) >= 11 is 5.54. The van der Waals surface area contributed by atoms with Crippen LogP contribution in [-0.2, 0) is 32.6 Å².